The maximum atomic E-state index is 13.5. The van der Waals surface area contributed by atoms with E-state index in [9.17, 15) is 13.2 Å². The second kappa shape index (κ2) is 5.58. The van der Waals surface area contributed by atoms with E-state index in [1.807, 2.05) is 48.5 Å². The number of alkyl halides is 3. The van der Waals surface area contributed by atoms with E-state index in [1.54, 1.807) is 6.07 Å². The third kappa shape index (κ3) is 2.39. The molecular formula is C22H13F3N2. The van der Waals surface area contributed by atoms with Crippen LogP contribution in [-0.2, 0) is 6.18 Å². The number of nitrogens with zero attached hydrogens (tertiary/aromatic N) is 1. The lowest BCUT2D eigenvalue weighted by Gasteiger charge is -2.10. The van der Waals surface area contributed by atoms with Crippen LogP contribution in [0.1, 0.15) is 5.56 Å². The summed E-state index contributed by atoms with van der Waals surface area (Å²) >= 11 is 0. The van der Waals surface area contributed by atoms with Crippen molar-refractivity contribution in [2.24, 2.45) is 0 Å². The van der Waals surface area contributed by atoms with Gasteiger partial charge in [0.25, 0.3) is 0 Å². The predicted octanol–water partition coefficient (Wildman–Crippen LogP) is 6.56. The van der Waals surface area contributed by atoms with Gasteiger partial charge in [0.1, 0.15) is 5.82 Å². The second-order valence-corrected chi connectivity index (χ2v) is 6.44. The van der Waals surface area contributed by atoms with Crippen molar-refractivity contribution in [2.75, 3.05) is 0 Å². The van der Waals surface area contributed by atoms with Gasteiger partial charge in [0.05, 0.1) is 16.6 Å². The highest BCUT2D eigenvalue weighted by Gasteiger charge is 2.34. The van der Waals surface area contributed by atoms with Crippen LogP contribution in [0.2, 0.25) is 0 Å². The Hall–Kier alpha value is -3.34. The molecule has 0 saturated heterocycles. The fraction of sp³-hybridized carbons (Fsp3) is 0.0455. The molecule has 0 atom stereocenters. The number of rotatable bonds is 1. The van der Waals surface area contributed by atoms with Gasteiger partial charge in [-0.2, -0.15) is 13.2 Å². The quantitative estimate of drug-likeness (QED) is 0.336. The Morgan fingerprint density at radius 1 is 0.667 bits per heavy atom. The Bertz CT molecular complexity index is 1240. The monoisotopic (exact) mass is 362 g/mol. The molecule has 2 nitrogen and oxygen atoms in total. The van der Waals surface area contributed by atoms with E-state index in [4.69, 9.17) is 0 Å². The Labute approximate surface area is 152 Å². The van der Waals surface area contributed by atoms with Crippen LogP contribution in [0.3, 0.4) is 0 Å². The van der Waals surface area contributed by atoms with Gasteiger partial charge in [-0.15, -0.1) is 0 Å². The Balaban J connectivity index is 1.91. The van der Waals surface area contributed by atoms with E-state index < -0.39 is 11.7 Å². The van der Waals surface area contributed by atoms with Crippen molar-refractivity contribution in [1.82, 2.24) is 9.97 Å². The summed E-state index contributed by atoms with van der Waals surface area (Å²) in [5.74, 6) is 0.222. The molecule has 5 heteroatoms. The van der Waals surface area contributed by atoms with Crippen LogP contribution in [0, 0.1) is 0 Å². The zero-order valence-electron chi connectivity index (χ0n) is 14.0. The highest BCUT2D eigenvalue weighted by Crippen LogP contribution is 2.39. The minimum atomic E-state index is -4.44. The molecule has 0 spiro atoms. The van der Waals surface area contributed by atoms with Gasteiger partial charge >= 0.3 is 6.18 Å². The van der Waals surface area contributed by atoms with E-state index >= 15 is 0 Å². The summed E-state index contributed by atoms with van der Waals surface area (Å²) in [5.41, 5.74) is 0.777. The topological polar surface area (TPSA) is 28.7 Å². The average Bonchev–Trinajstić information content (AvgIpc) is 3.13. The molecule has 5 aromatic rings. The van der Waals surface area contributed by atoms with Crippen LogP contribution in [0.4, 0.5) is 13.2 Å². The molecule has 1 heterocycles. The summed E-state index contributed by atoms with van der Waals surface area (Å²) < 4.78 is 40.4. The minimum Gasteiger partial charge on any atom is -0.337 e. The van der Waals surface area contributed by atoms with E-state index in [2.05, 4.69) is 9.97 Å². The van der Waals surface area contributed by atoms with Crippen molar-refractivity contribution in [2.45, 2.75) is 6.18 Å². The second-order valence-electron chi connectivity index (χ2n) is 6.44. The lowest BCUT2D eigenvalue weighted by atomic mass is 10.0. The lowest BCUT2D eigenvalue weighted by Crippen LogP contribution is -2.07. The number of benzene rings is 4. The first kappa shape index (κ1) is 15.9. The van der Waals surface area contributed by atoms with Crippen molar-refractivity contribution in [3.8, 4) is 11.4 Å². The van der Waals surface area contributed by atoms with Crippen LogP contribution in [0.25, 0.3) is 44.0 Å². The van der Waals surface area contributed by atoms with E-state index in [-0.39, 0.29) is 11.4 Å². The van der Waals surface area contributed by atoms with Crippen LogP contribution >= 0.6 is 0 Å². The first-order valence-corrected chi connectivity index (χ1v) is 8.50. The van der Waals surface area contributed by atoms with Crippen molar-refractivity contribution in [3.05, 3.63) is 78.4 Å². The van der Waals surface area contributed by atoms with Gasteiger partial charge in [0, 0.05) is 16.3 Å². The Morgan fingerprint density at radius 3 is 1.93 bits per heavy atom. The molecule has 1 aromatic heterocycles. The van der Waals surface area contributed by atoms with Crippen molar-refractivity contribution >= 4 is 32.6 Å². The molecule has 0 aliphatic rings. The first-order valence-electron chi connectivity index (χ1n) is 8.50. The predicted molar refractivity (Wildman–Crippen MR) is 102 cm³/mol. The van der Waals surface area contributed by atoms with Crippen LogP contribution in [0.5, 0.6) is 0 Å². The molecule has 27 heavy (non-hydrogen) atoms. The van der Waals surface area contributed by atoms with Crippen molar-refractivity contribution < 1.29 is 13.2 Å². The minimum absolute atomic E-state index is 0.0503. The number of hydrogen-bond acceptors (Lipinski definition) is 1. The SMILES string of the molecule is FC(F)(F)c1ccccc1-c1nc2c3ccccc3c3ccccc3c2[nH]1. The molecule has 132 valence electrons. The third-order valence-corrected chi connectivity index (χ3v) is 4.86. The molecule has 0 radical (unpaired) electrons. The van der Waals surface area contributed by atoms with Crippen LogP contribution in [-0.4, -0.2) is 9.97 Å². The van der Waals surface area contributed by atoms with Gasteiger partial charge < -0.3 is 4.98 Å². The molecule has 4 aromatic carbocycles. The summed E-state index contributed by atoms with van der Waals surface area (Å²) in [6.45, 7) is 0. The van der Waals surface area contributed by atoms with E-state index in [0.29, 0.717) is 5.52 Å². The van der Waals surface area contributed by atoms with Gasteiger partial charge in [-0.05, 0) is 16.8 Å². The summed E-state index contributed by atoms with van der Waals surface area (Å²) in [7, 11) is 0. The molecule has 0 amide bonds. The number of hydrogen-bond donors (Lipinski definition) is 1. The zero-order chi connectivity index (χ0) is 18.6. The first-order chi connectivity index (χ1) is 13.0. The number of fused-ring (bicyclic) bond motifs is 6. The third-order valence-electron chi connectivity index (χ3n) is 4.86. The van der Waals surface area contributed by atoms with Crippen molar-refractivity contribution in [1.29, 1.82) is 0 Å². The molecule has 0 bridgehead atoms. The van der Waals surface area contributed by atoms with Gasteiger partial charge in [-0.1, -0.05) is 66.7 Å². The standard InChI is InChI=1S/C22H13F3N2/c23-22(24,25)18-12-6-5-11-17(18)21-26-19-15-9-3-1-7-13(15)14-8-2-4-10-16(14)20(19)27-21/h1-12H,(H,26,27). The number of halogens is 3. The number of nitrogens with one attached hydrogen (secondary N) is 1. The molecule has 0 aliphatic carbocycles. The smallest absolute Gasteiger partial charge is 0.337 e. The Kier molecular flexibility index (Phi) is 3.28. The number of imidazole rings is 1. The Morgan fingerprint density at radius 2 is 1.22 bits per heavy atom. The van der Waals surface area contributed by atoms with Gasteiger partial charge in [0.15, 0.2) is 0 Å². The average molecular weight is 362 g/mol. The summed E-state index contributed by atoms with van der Waals surface area (Å²) in [5, 5.41) is 3.93. The normalized spacial score (nSPS) is 12.3. The fourth-order valence-electron chi connectivity index (χ4n) is 3.69. The molecule has 0 aliphatic heterocycles. The van der Waals surface area contributed by atoms with Crippen molar-refractivity contribution in [3.63, 3.8) is 0 Å². The molecule has 0 saturated carbocycles. The summed E-state index contributed by atoms with van der Waals surface area (Å²) in [4.78, 5) is 7.73. The highest BCUT2D eigenvalue weighted by molar-refractivity contribution is 6.23. The van der Waals surface area contributed by atoms with Gasteiger partial charge in [0.2, 0.25) is 0 Å². The zero-order valence-corrected chi connectivity index (χ0v) is 14.0. The van der Waals surface area contributed by atoms with E-state index in [1.165, 1.54) is 12.1 Å². The summed E-state index contributed by atoms with van der Waals surface area (Å²) in [6.07, 6.45) is -4.44. The maximum absolute atomic E-state index is 13.5. The molecule has 0 unspecified atom stereocenters. The molecular weight excluding hydrogens is 349 g/mol. The highest BCUT2D eigenvalue weighted by atomic mass is 19.4. The fourth-order valence-corrected chi connectivity index (χ4v) is 3.69. The number of H-pyrrole nitrogens is 1. The largest absolute Gasteiger partial charge is 0.417 e. The maximum Gasteiger partial charge on any atom is 0.417 e. The van der Waals surface area contributed by atoms with Gasteiger partial charge in [-0.25, -0.2) is 4.98 Å². The van der Waals surface area contributed by atoms with E-state index in [0.717, 1.165) is 33.1 Å². The van der Waals surface area contributed by atoms with Gasteiger partial charge in [-0.3, -0.25) is 0 Å². The molecule has 0 fully saturated rings. The van der Waals surface area contributed by atoms with Crippen LogP contribution < -0.4 is 0 Å². The molecule has 1 N–H and O–H groups in total. The summed E-state index contributed by atoms with van der Waals surface area (Å²) in [6, 6.07) is 21.2. The molecule has 5 rings (SSSR count). The van der Waals surface area contributed by atoms with Crippen LogP contribution in [0.15, 0.2) is 72.8 Å². The number of aromatic nitrogens is 2. The lowest BCUT2D eigenvalue weighted by molar-refractivity contribution is -0.137. The number of aromatic amines is 1.